The molecule has 38 heavy (non-hydrogen) atoms. The average molecular weight is 524 g/mol. The van der Waals surface area contributed by atoms with Crippen LogP contribution in [0.1, 0.15) is 49.7 Å². The maximum absolute atomic E-state index is 12.7. The topological polar surface area (TPSA) is 167 Å². The summed E-state index contributed by atoms with van der Waals surface area (Å²) >= 11 is 0. The van der Waals surface area contributed by atoms with Crippen LogP contribution in [0.3, 0.4) is 0 Å². The predicted octanol–water partition coefficient (Wildman–Crippen LogP) is 1.43. The molecule has 4 rings (SSSR count). The number of ether oxygens (including phenoxy) is 2. The van der Waals surface area contributed by atoms with Crippen molar-refractivity contribution in [3.8, 4) is 0 Å². The van der Waals surface area contributed by atoms with Crippen LogP contribution < -0.4 is 16.8 Å². The average Bonchev–Trinajstić information content (AvgIpc) is 3.54. The van der Waals surface area contributed by atoms with Crippen LogP contribution in [0, 0.1) is 0 Å². The first kappa shape index (κ1) is 27.0. The van der Waals surface area contributed by atoms with E-state index in [0.29, 0.717) is 43.0 Å². The monoisotopic (exact) mass is 523 g/mol. The van der Waals surface area contributed by atoms with Gasteiger partial charge in [0.05, 0.1) is 18.8 Å². The van der Waals surface area contributed by atoms with E-state index in [2.05, 4.69) is 15.5 Å². The zero-order chi connectivity index (χ0) is 27.3. The predicted molar refractivity (Wildman–Crippen MR) is 137 cm³/mol. The first-order valence-electron chi connectivity index (χ1n) is 12.4. The van der Waals surface area contributed by atoms with Gasteiger partial charge in [0, 0.05) is 12.7 Å². The van der Waals surface area contributed by atoms with Crippen molar-refractivity contribution in [2.24, 2.45) is 11.5 Å². The molecule has 12 nitrogen and oxygen atoms in total. The summed E-state index contributed by atoms with van der Waals surface area (Å²) in [5.41, 5.74) is 12.5. The van der Waals surface area contributed by atoms with Crippen LogP contribution in [-0.2, 0) is 32.3 Å². The Hall–Kier alpha value is -4.03. The van der Waals surface area contributed by atoms with Gasteiger partial charge in [0.15, 0.2) is 11.5 Å². The smallest absolute Gasteiger partial charge is 0.410 e. The molecule has 0 unspecified atom stereocenters. The highest BCUT2D eigenvalue weighted by Gasteiger charge is 2.33. The Morgan fingerprint density at radius 1 is 1.13 bits per heavy atom. The Bertz CT molecular complexity index is 1290. The summed E-state index contributed by atoms with van der Waals surface area (Å²) in [6.07, 6.45) is 2.38. The van der Waals surface area contributed by atoms with Crippen molar-refractivity contribution in [1.29, 1.82) is 0 Å². The number of carbonyl (C=O) groups excluding carboxylic acids is 3. The molecular weight excluding hydrogens is 490 g/mol. The fourth-order valence-corrected chi connectivity index (χ4v) is 4.18. The van der Waals surface area contributed by atoms with E-state index < -0.39 is 29.6 Å². The number of nitrogens with two attached hydrogens (primary N) is 2. The van der Waals surface area contributed by atoms with Gasteiger partial charge in [-0.3, -0.25) is 18.9 Å². The molecule has 2 aromatic heterocycles. The van der Waals surface area contributed by atoms with Crippen LogP contribution in [0.25, 0.3) is 5.65 Å². The van der Waals surface area contributed by atoms with Gasteiger partial charge in [0.25, 0.3) is 0 Å². The van der Waals surface area contributed by atoms with E-state index in [1.54, 1.807) is 36.6 Å². The van der Waals surface area contributed by atoms with Crippen LogP contribution in [0.5, 0.6) is 0 Å². The highest BCUT2D eigenvalue weighted by molar-refractivity contribution is 5.85. The summed E-state index contributed by atoms with van der Waals surface area (Å²) in [6, 6.07) is 11.9. The van der Waals surface area contributed by atoms with Crippen molar-refractivity contribution in [2.75, 3.05) is 13.2 Å². The first-order valence-corrected chi connectivity index (χ1v) is 12.4. The maximum Gasteiger partial charge on any atom is 0.410 e. The SMILES string of the molecule is CC(C)(N)C(=O)N[C@H](COCc1ccccc1)c1nnc2cc(COC(=O)N3CCC[C@@H]3C(N)=O)ccn12. The number of aromatic nitrogens is 3. The summed E-state index contributed by atoms with van der Waals surface area (Å²) in [6.45, 7) is 4.16. The molecule has 0 spiro atoms. The third-order valence-electron chi connectivity index (χ3n) is 6.28. The number of amides is 3. The van der Waals surface area contributed by atoms with Crippen molar-refractivity contribution >= 4 is 23.6 Å². The standard InChI is InChI=1S/C26H33N7O5/c1-26(2,28)24(35)29-19(16-37-14-17-7-4-3-5-8-17)23-31-30-21-13-18(10-12-33(21)23)15-38-25(36)32-11-6-9-20(32)22(27)34/h3-5,7-8,10,12-13,19-20H,6,9,11,14-16,28H2,1-2H3,(H2,27,34)(H,29,35)/t19-,20-/m1/s1. The number of nitrogens with zero attached hydrogens (tertiary/aromatic N) is 4. The van der Waals surface area contributed by atoms with E-state index >= 15 is 0 Å². The van der Waals surface area contributed by atoms with Gasteiger partial charge >= 0.3 is 6.09 Å². The Morgan fingerprint density at radius 3 is 2.61 bits per heavy atom. The van der Waals surface area contributed by atoms with E-state index in [1.165, 1.54) is 4.90 Å². The highest BCUT2D eigenvalue weighted by Crippen LogP contribution is 2.20. The minimum Gasteiger partial charge on any atom is -0.445 e. The van der Waals surface area contributed by atoms with Crippen LogP contribution in [0.4, 0.5) is 4.79 Å². The molecule has 3 amide bonds. The summed E-state index contributed by atoms with van der Waals surface area (Å²) < 4.78 is 13.0. The molecule has 0 bridgehead atoms. The van der Waals surface area contributed by atoms with Gasteiger partial charge in [-0.2, -0.15) is 0 Å². The quantitative estimate of drug-likeness (QED) is 0.359. The van der Waals surface area contributed by atoms with Crippen molar-refractivity contribution in [3.63, 3.8) is 0 Å². The summed E-state index contributed by atoms with van der Waals surface area (Å²) in [7, 11) is 0. The van der Waals surface area contributed by atoms with E-state index in [-0.39, 0.29) is 19.1 Å². The third kappa shape index (κ3) is 6.45. The Morgan fingerprint density at radius 2 is 1.89 bits per heavy atom. The summed E-state index contributed by atoms with van der Waals surface area (Å²) in [5.74, 6) is -0.429. The number of pyridine rings is 1. The van der Waals surface area contributed by atoms with Crippen molar-refractivity contribution in [2.45, 2.75) is 57.5 Å². The molecule has 2 atom stereocenters. The second kappa shape index (κ2) is 11.6. The molecule has 1 aliphatic rings. The summed E-state index contributed by atoms with van der Waals surface area (Å²) in [5, 5.41) is 11.4. The minimum absolute atomic E-state index is 0.0127. The Kier molecular flexibility index (Phi) is 8.23. The van der Waals surface area contributed by atoms with Crippen molar-refractivity contribution in [3.05, 3.63) is 65.6 Å². The normalized spacial score (nSPS) is 16.4. The van der Waals surface area contributed by atoms with Crippen LogP contribution in [0.15, 0.2) is 48.7 Å². The lowest BCUT2D eigenvalue weighted by atomic mass is 10.1. The first-order chi connectivity index (χ1) is 18.1. The van der Waals surface area contributed by atoms with E-state index in [0.717, 1.165) is 5.56 Å². The third-order valence-corrected chi connectivity index (χ3v) is 6.28. The van der Waals surface area contributed by atoms with Crippen LogP contribution in [-0.4, -0.2) is 62.1 Å². The zero-order valence-corrected chi connectivity index (χ0v) is 21.5. The molecule has 1 aliphatic heterocycles. The number of likely N-dealkylation sites (tertiary alicyclic amines) is 1. The van der Waals surface area contributed by atoms with Gasteiger partial charge in [0.1, 0.15) is 18.7 Å². The van der Waals surface area contributed by atoms with Gasteiger partial charge in [-0.1, -0.05) is 30.3 Å². The number of fused-ring (bicyclic) bond motifs is 1. The fourth-order valence-electron chi connectivity index (χ4n) is 4.18. The number of rotatable bonds is 10. The van der Waals surface area contributed by atoms with E-state index in [9.17, 15) is 14.4 Å². The van der Waals surface area contributed by atoms with E-state index in [1.807, 2.05) is 30.3 Å². The van der Waals surface area contributed by atoms with Gasteiger partial charge < -0.3 is 26.3 Å². The van der Waals surface area contributed by atoms with Gasteiger partial charge in [0.2, 0.25) is 11.8 Å². The molecule has 0 saturated carbocycles. The number of carbonyl (C=O) groups is 3. The molecule has 3 aromatic rings. The molecule has 0 radical (unpaired) electrons. The lowest BCUT2D eigenvalue weighted by Crippen LogP contribution is -2.50. The van der Waals surface area contributed by atoms with Gasteiger partial charge in [-0.25, -0.2) is 4.79 Å². The maximum atomic E-state index is 12.7. The number of hydrogen-bond acceptors (Lipinski definition) is 8. The minimum atomic E-state index is -1.10. The van der Waals surface area contributed by atoms with Crippen LogP contribution in [0.2, 0.25) is 0 Å². The Labute approximate surface area is 220 Å². The molecule has 1 aromatic carbocycles. The second-order valence-corrected chi connectivity index (χ2v) is 9.88. The van der Waals surface area contributed by atoms with Gasteiger partial charge in [-0.15, -0.1) is 10.2 Å². The molecule has 3 heterocycles. The second-order valence-electron chi connectivity index (χ2n) is 9.88. The molecule has 202 valence electrons. The van der Waals surface area contributed by atoms with Crippen LogP contribution >= 0.6 is 0 Å². The summed E-state index contributed by atoms with van der Waals surface area (Å²) in [4.78, 5) is 38.1. The molecule has 0 aliphatic carbocycles. The number of primary amides is 1. The number of benzene rings is 1. The molecule has 1 saturated heterocycles. The molecular formula is C26H33N7O5. The lowest BCUT2D eigenvalue weighted by Gasteiger charge is -2.23. The number of nitrogens with one attached hydrogen (secondary N) is 1. The van der Waals surface area contributed by atoms with E-state index in [4.69, 9.17) is 20.9 Å². The van der Waals surface area contributed by atoms with Crippen molar-refractivity contribution in [1.82, 2.24) is 24.8 Å². The van der Waals surface area contributed by atoms with Gasteiger partial charge in [-0.05, 0) is 49.9 Å². The van der Waals surface area contributed by atoms with Crippen molar-refractivity contribution < 1.29 is 23.9 Å². The number of hydrogen-bond donors (Lipinski definition) is 3. The lowest BCUT2D eigenvalue weighted by molar-refractivity contribution is -0.126. The highest BCUT2D eigenvalue weighted by atomic mass is 16.6. The zero-order valence-electron chi connectivity index (χ0n) is 21.5. The molecule has 1 fully saturated rings. The molecule has 12 heteroatoms. The largest absolute Gasteiger partial charge is 0.445 e. The fraction of sp³-hybridized carbons (Fsp3) is 0.423. The molecule has 5 N–H and O–H groups in total. The Balaban J connectivity index is 1.46.